The molecule has 38 heavy (non-hydrogen) atoms. The molecule has 1 saturated heterocycles. The fourth-order valence-electron chi connectivity index (χ4n) is 5.16. The second-order valence-corrected chi connectivity index (χ2v) is 12.1. The van der Waals surface area contributed by atoms with E-state index in [1.165, 1.54) is 21.1 Å². The van der Waals surface area contributed by atoms with Crippen LogP contribution in [0.5, 0.6) is 0 Å². The highest BCUT2D eigenvalue weighted by atomic mass is 32.1. The number of nitrogens with zero attached hydrogens (tertiary/aromatic N) is 4. The van der Waals surface area contributed by atoms with Crippen molar-refractivity contribution in [3.8, 4) is 0 Å². The van der Waals surface area contributed by atoms with Crippen molar-refractivity contribution in [2.45, 2.75) is 38.3 Å². The largest absolute Gasteiger partial charge is 0.377 e. The maximum absolute atomic E-state index is 13.0. The minimum absolute atomic E-state index is 0.0207. The van der Waals surface area contributed by atoms with Gasteiger partial charge in [0.15, 0.2) is 5.13 Å². The molecule has 0 unspecified atom stereocenters. The number of amides is 3. The van der Waals surface area contributed by atoms with Crippen molar-refractivity contribution in [3.05, 3.63) is 45.6 Å². The number of benzene rings is 1. The van der Waals surface area contributed by atoms with Crippen LogP contribution in [0.3, 0.4) is 0 Å². The third-order valence-corrected chi connectivity index (χ3v) is 8.18. The summed E-state index contributed by atoms with van der Waals surface area (Å²) < 4.78 is 5.86. The lowest BCUT2D eigenvalue weighted by molar-refractivity contribution is 0.0825. The predicted molar refractivity (Wildman–Crippen MR) is 147 cm³/mol. The van der Waals surface area contributed by atoms with E-state index in [1.807, 2.05) is 26.1 Å². The Kier molecular flexibility index (Phi) is 6.68. The Labute approximate surface area is 225 Å². The molecule has 202 valence electrons. The van der Waals surface area contributed by atoms with Crippen molar-refractivity contribution in [2.75, 3.05) is 52.8 Å². The van der Waals surface area contributed by atoms with Crippen LogP contribution in [0.15, 0.2) is 18.3 Å². The zero-order valence-electron chi connectivity index (χ0n) is 22.7. The van der Waals surface area contributed by atoms with Crippen molar-refractivity contribution >= 4 is 45.1 Å². The molecular formula is C27H34N6O4S. The number of carbonyl (C=O) groups is 3. The summed E-state index contributed by atoms with van der Waals surface area (Å²) in [6, 6.07) is 3.50. The zero-order chi connectivity index (χ0) is 27.4. The maximum Gasteiger partial charge on any atom is 0.263 e. The summed E-state index contributed by atoms with van der Waals surface area (Å²) in [5.74, 6) is -0.407. The van der Waals surface area contributed by atoms with Gasteiger partial charge in [-0.1, -0.05) is 11.3 Å². The van der Waals surface area contributed by atoms with Crippen LogP contribution < -0.4 is 10.2 Å². The predicted octanol–water partition coefficient (Wildman–Crippen LogP) is 2.54. The van der Waals surface area contributed by atoms with E-state index in [1.54, 1.807) is 34.3 Å². The molecule has 0 bridgehead atoms. The number of morpholine rings is 1. The van der Waals surface area contributed by atoms with Crippen LogP contribution in [0.2, 0.25) is 0 Å². The molecule has 10 nitrogen and oxygen atoms in total. The third-order valence-electron chi connectivity index (χ3n) is 7.05. The number of rotatable bonds is 5. The topological polar surface area (TPSA) is 111 Å². The molecule has 1 atom stereocenters. The van der Waals surface area contributed by atoms with Gasteiger partial charge in [-0.3, -0.25) is 14.4 Å². The Hall–Kier alpha value is -3.44. The minimum atomic E-state index is -0.326. The molecule has 2 aliphatic heterocycles. The van der Waals surface area contributed by atoms with Crippen molar-refractivity contribution in [3.63, 3.8) is 0 Å². The van der Waals surface area contributed by atoms with Gasteiger partial charge in [0.25, 0.3) is 17.7 Å². The van der Waals surface area contributed by atoms with E-state index in [4.69, 9.17) is 9.72 Å². The summed E-state index contributed by atoms with van der Waals surface area (Å²) in [6.07, 6.45) is 3.22. The fraction of sp³-hybridized carbons (Fsp3) is 0.481. The Morgan fingerprint density at radius 3 is 2.63 bits per heavy atom. The molecule has 4 heterocycles. The average Bonchev–Trinajstić information content (AvgIpc) is 3.46. The zero-order valence-corrected chi connectivity index (χ0v) is 23.5. The highest BCUT2D eigenvalue weighted by Gasteiger charge is 2.35. The van der Waals surface area contributed by atoms with Crippen LogP contribution >= 0.6 is 11.3 Å². The van der Waals surface area contributed by atoms with Gasteiger partial charge in [0.2, 0.25) is 0 Å². The first-order valence-corrected chi connectivity index (χ1v) is 13.5. The minimum Gasteiger partial charge on any atom is -0.377 e. The molecule has 1 fully saturated rings. The molecule has 3 aromatic rings. The number of carbonyl (C=O) groups excluding carboxylic acids is 3. The smallest absolute Gasteiger partial charge is 0.263 e. The highest BCUT2D eigenvalue weighted by molar-refractivity contribution is 7.17. The van der Waals surface area contributed by atoms with E-state index in [2.05, 4.69) is 15.2 Å². The van der Waals surface area contributed by atoms with Gasteiger partial charge in [-0.05, 0) is 38.0 Å². The van der Waals surface area contributed by atoms with Gasteiger partial charge in [-0.2, -0.15) is 0 Å². The molecule has 1 aromatic carbocycles. The second kappa shape index (κ2) is 9.70. The maximum atomic E-state index is 13.0. The van der Waals surface area contributed by atoms with Gasteiger partial charge in [0, 0.05) is 63.8 Å². The standard InChI is InChI=1S/C27H34N6O4S/c1-27(2)12-20-22(23(34)30-27)38-26(29-20)33-7-8-37-14-17(33)9-16-13-28-21-18(16)10-15(24(35)31(3)4)11-19(21)25(36)32(5)6/h10-11,13,17,28H,7-9,12,14H2,1-6H3,(H,30,34)/t17-/m0/s1. The summed E-state index contributed by atoms with van der Waals surface area (Å²) in [5.41, 5.74) is 3.14. The van der Waals surface area contributed by atoms with Gasteiger partial charge < -0.3 is 29.7 Å². The lowest BCUT2D eigenvalue weighted by atomic mass is 9.94. The van der Waals surface area contributed by atoms with Gasteiger partial charge in [0.1, 0.15) is 4.88 Å². The van der Waals surface area contributed by atoms with Gasteiger partial charge in [-0.15, -0.1) is 0 Å². The van der Waals surface area contributed by atoms with Crippen molar-refractivity contribution in [2.24, 2.45) is 0 Å². The third kappa shape index (κ3) is 4.76. The van der Waals surface area contributed by atoms with Crippen molar-refractivity contribution in [1.82, 2.24) is 25.1 Å². The first-order valence-electron chi connectivity index (χ1n) is 12.7. The van der Waals surface area contributed by atoms with E-state index >= 15 is 0 Å². The van der Waals surface area contributed by atoms with Crippen LogP contribution in [0.1, 0.15) is 55.5 Å². The molecule has 2 aliphatic rings. The number of hydrogen-bond donors (Lipinski definition) is 2. The number of aromatic amines is 1. The summed E-state index contributed by atoms with van der Waals surface area (Å²) in [6.45, 7) is 5.76. The van der Waals surface area contributed by atoms with Crippen LogP contribution in [0.4, 0.5) is 5.13 Å². The Morgan fingerprint density at radius 2 is 1.92 bits per heavy atom. The summed E-state index contributed by atoms with van der Waals surface area (Å²) in [7, 11) is 6.80. The van der Waals surface area contributed by atoms with E-state index in [0.29, 0.717) is 54.1 Å². The fourth-order valence-corrected chi connectivity index (χ4v) is 6.24. The number of anilines is 1. The van der Waals surface area contributed by atoms with Crippen molar-refractivity contribution in [1.29, 1.82) is 0 Å². The molecule has 2 N–H and O–H groups in total. The quantitative estimate of drug-likeness (QED) is 0.517. The average molecular weight is 539 g/mol. The molecule has 0 radical (unpaired) electrons. The first-order chi connectivity index (χ1) is 17.9. The number of H-pyrrole nitrogens is 1. The number of fused-ring (bicyclic) bond motifs is 2. The Morgan fingerprint density at radius 1 is 1.18 bits per heavy atom. The monoisotopic (exact) mass is 538 g/mol. The number of nitrogens with one attached hydrogen (secondary N) is 2. The van der Waals surface area contributed by atoms with E-state index in [9.17, 15) is 14.4 Å². The van der Waals surface area contributed by atoms with Gasteiger partial charge in [-0.25, -0.2) is 4.98 Å². The van der Waals surface area contributed by atoms with Crippen LogP contribution in [0.25, 0.3) is 10.9 Å². The molecule has 0 saturated carbocycles. The van der Waals surface area contributed by atoms with Crippen molar-refractivity contribution < 1.29 is 19.1 Å². The summed E-state index contributed by atoms with van der Waals surface area (Å²) in [5, 5.41) is 4.73. The lowest BCUT2D eigenvalue weighted by Crippen LogP contribution is -2.48. The normalized spacial score (nSPS) is 18.7. The lowest BCUT2D eigenvalue weighted by Gasteiger charge is -2.35. The molecule has 2 aromatic heterocycles. The van der Waals surface area contributed by atoms with E-state index in [0.717, 1.165) is 21.8 Å². The van der Waals surface area contributed by atoms with E-state index < -0.39 is 0 Å². The van der Waals surface area contributed by atoms with Gasteiger partial charge in [0.05, 0.1) is 36.0 Å². The summed E-state index contributed by atoms with van der Waals surface area (Å²) in [4.78, 5) is 52.7. The SMILES string of the molecule is CN(C)C(=O)c1cc(C(=O)N(C)C)c2[nH]cc(C[C@H]3COCCN3c3nc4c(s3)C(=O)NC(C)(C)C4)c2c1. The number of aromatic nitrogens is 2. The molecule has 3 amide bonds. The first kappa shape index (κ1) is 26.2. The number of thiazole rings is 1. The highest BCUT2D eigenvalue weighted by Crippen LogP contribution is 2.35. The van der Waals surface area contributed by atoms with Crippen LogP contribution in [-0.2, 0) is 17.6 Å². The van der Waals surface area contributed by atoms with E-state index in [-0.39, 0.29) is 29.3 Å². The molecule has 0 aliphatic carbocycles. The summed E-state index contributed by atoms with van der Waals surface area (Å²) >= 11 is 1.43. The molecule has 11 heteroatoms. The van der Waals surface area contributed by atoms with Gasteiger partial charge >= 0.3 is 0 Å². The Balaban J connectivity index is 1.51. The molecule has 0 spiro atoms. The Bertz CT molecular complexity index is 1420. The second-order valence-electron chi connectivity index (χ2n) is 11.1. The molecular weight excluding hydrogens is 504 g/mol. The number of ether oxygens (including phenoxy) is 1. The molecule has 5 rings (SSSR count). The number of hydrogen-bond acceptors (Lipinski definition) is 7. The van der Waals surface area contributed by atoms with Crippen LogP contribution in [-0.4, -0.2) is 97.0 Å². The van der Waals surface area contributed by atoms with Crippen LogP contribution in [0, 0.1) is 0 Å².